The van der Waals surface area contributed by atoms with Crippen molar-refractivity contribution >= 4 is 36.7 Å². The highest BCUT2D eigenvalue weighted by Crippen LogP contribution is 2.65. The van der Waals surface area contributed by atoms with Crippen LogP contribution in [0, 0.1) is 23.2 Å². The Morgan fingerprint density at radius 3 is 2.10 bits per heavy atom. The van der Waals surface area contributed by atoms with Gasteiger partial charge in [-0.2, -0.15) is 0 Å². The lowest BCUT2D eigenvalue weighted by Gasteiger charge is -2.64. The first-order valence-corrected chi connectivity index (χ1v) is 23.4. The van der Waals surface area contributed by atoms with E-state index in [0.717, 1.165) is 43.2 Å². The van der Waals surface area contributed by atoms with Crippen LogP contribution in [0.5, 0.6) is 0 Å². The Hall–Kier alpha value is -4.31. The van der Waals surface area contributed by atoms with Gasteiger partial charge in [0.2, 0.25) is 23.6 Å². The van der Waals surface area contributed by atoms with Crippen LogP contribution in [0.1, 0.15) is 122 Å². The molecule has 5 fully saturated rings. The van der Waals surface area contributed by atoms with Crippen molar-refractivity contribution in [3.05, 3.63) is 59.7 Å². The van der Waals surface area contributed by atoms with Gasteiger partial charge in [-0.1, -0.05) is 63.6 Å². The summed E-state index contributed by atoms with van der Waals surface area (Å²) < 4.78 is 12.9. The molecule has 0 radical (unpaired) electrons. The van der Waals surface area contributed by atoms with Crippen LogP contribution in [-0.4, -0.2) is 108 Å². The van der Waals surface area contributed by atoms with E-state index in [9.17, 15) is 29.1 Å². The number of carbonyl (C=O) groups is 5. The molecule has 14 nitrogen and oxygen atoms in total. The SMILES string of the molecule is CCCCc1ccc(-c2ccc(C(=O)N3CCC(C(=O)N[C@H](C(=O)N[C@@H](C)C(=O)N[C@@H](CCCCN)C(=O)N[C@@H](C)B4OC5C[C@@H]6C[C@@H](C6(C)C)[C@]5(C)O4)[C@@H](C)O)CC3)cc2)cc1. The molecule has 7 rings (SSSR count). The maximum atomic E-state index is 13.7. The van der Waals surface area contributed by atoms with Gasteiger partial charge in [-0.05, 0) is 138 Å². The number of aliphatic hydroxyl groups excluding tert-OH is 1. The third-order valence-electron chi connectivity index (χ3n) is 14.5. The molecule has 2 aromatic carbocycles. The minimum absolute atomic E-state index is 0.0406. The Bertz CT molecular complexity index is 1920. The summed E-state index contributed by atoms with van der Waals surface area (Å²) in [5, 5.41) is 21.7. The number of nitrogens with one attached hydrogen (secondary N) is 4. The van der Waals surface area contributed by atoms with E-state index in [1.165, 1.54) is 19.4 Å². The van der Waals surface area contributed by atoms with Crippen molar-refractivity contribution in [2.24, 2.45) is 28.9 Å². The van der Waals surface area contributed by atoms with Crippen molar-refractivity contribution in [1.82, 2.24) is 26.2 Å². The fourth-order valence-corrected chi connectivity index (χ4v) is 10.2. The number of aryl methyl sites for hydroxylation is 1. The number of aliphatic hydroxyl groups is 1. The average Bonchev–Trinajstić information content (AvgIpc) is 3.64. The Morgan fingerprint density at radius 2 is 1.49 bits per heavy atom. The summed E-state index contributed by atoms with van der Waals surface area (Å²) in [5.74, 6) is -2.28. The smallest absolute Gasteiger partial charge is 0.404 e. The third-order valence-corrected chi connectivity index (χ3v) is 14.5. The topological polar surface area (TPSA) is 201 Å². The fourth-order valence-electron chi connectivity index (χ4n) is 10.2. The number of hydrogen-bond acceptors (Lipinski definition) is 9. The van der Waals surface area contributed by atoms with Crippen LogP contribution in [0.25, 0.3) is 11.1 Å². The molecule has 15 heteroatoms. The van der Waals surface area contributed by atoms with Crippen molar-refractivity contribution in [2.75, 3.05) is 19.6 Å². The van der Waals surface area contributed by atoms with E-state index in [-0.39, 0.29) is 17.4 Å². The summed E-state index contributed by atoms with van der Waals surface area (Å²) in [5.41, 5.74) is 9.49. The van der Waals surface area contributed by atoms with Crippen LogP contribution in [0.3, 0.4) is 0 Å². The van der Waals surface area contributed by atoms with Crippen molar-refractivity contribution in [3.8, 4) is 11.1 Å². The zero-order valence-electron chi connectivity index (χ0n) is 38.4. The van der Waals surface area contributed by atoms with Crippen LogP contribution in [0.15, 0.2) is 48.5 Å². The number of nitrogens with two attached hydrogens (primary N) is 1. The number of piperidine rings is 1. The number of nitrogens with zero attached hydrogens (tertiary/aromatic N) is 1. The molecule has 7 N–H and O–H groups in total. The molecule has 3 saturated carbocycles. The molecule has 9 atom stereocenters. The van der Waals surface area contributed by atoms with E-state index in [2.05, 4.69) is 73.2 Å². The van der Waals surface area contributed by atoms with Gasteiger partial charge in [0.25, 0.3) is 5.91 Å². The highest BCUT2D eigenvalue weighted by molar-refractivity contribution is 6.47. The largest absolute Gasteiger partial charge is 0.481 e. The molecule has 2 aromatic rings. The van der Waals surface area contributed by atoms with Gasteiger partial charge in [0.15, 0.2) is 0 Å². The third kappa shape index (κ3) is 11.0. The van der Waals surface area contributed by atoms with Crippen LogP contribution in [0.4, 0.5) is 0 Å². The Morgan fingerprint density at radius 1 is 0.841 bits per heavy atom. The summed E-state index contributed by atoms with van der Waals surface area (Å²) in [7, 11) is -0.632. The second-order valence-corrected chi connectivity index (χ2v) is 19.4. The lowest BCUT2D eigenvalue weighted by molar-refractivity contribution is -0.199. The fraction of sp³-hybridized carbons (Fsp3) is 0.646. The summed E-state index contributed by atoms with van der Waals surface area (Å²) in [6.45, 7) is 14.7. The first kappa shape index (κ1) is 48.2. The lowest BCUT2D eigenvalue weighted by atomic mass is 9.43. The zero-order chi connectivity index (χ0) is 45.6. The quantitative estimate of drug-likeness (QED) is 0.0880. The zero-order valence-corrected chi connectivity index (χ0v) is 38.4. The monoisotopic (exact) mass is 871 g/mol. The molecule has 2 heterocycles. The predicted octanol–water partition coefficient (Wildman–Crippen LogP) is 4.30. The maximum Gasteiger partial charge on any atom is 0.481 e. The van der Waals surface area contributed by atoms with Gasteiger partial charge in [0.1, 0.15) is 18.1 Å². The predicted molar refractivity (Wildman–Crippen MR) is 243 cm³/mol. The summed E-state index contributed by atoms with van der Waals surface area (Å²) in [6, 6.07) is 12.8. The van der Waals surface area contributed by atoms with Crippen molar-refractivity contribution in [1.29, 1.82) is 0 Å². The van der Waals surface area contributed by atoms with E-state index in [0.29, 0.717) is 69.1 Å². The number of carbonyl (C=O) groups excluding carboxylic acids is 5. The number of amides is 5. The number of rotatable bonds is 19. The molecule has 63 heavy (non-hydrogen) atoms. The molecule has 3 aliphatic carbocycles. The van der Waals surface area contributed by atoms with E-state index in [4.69, 9.17) is 15.0 Å². The molecule has 5 amide bonds. The first-order chi connectivity index (χ1) is 30.0. The number of unbranched alkanes of at least 4 members (excludes halogenated alkanes) is 2. The molecule has 344 valence electrons. The Labute approximate surface area is 374 Å². The van der Waals surface area contributed by atoms with Crippen molar-refractivity contribution in [3.63, 3.8) is 0 Å². The lowest BCUT2D eigenvalue weighted by Crippen LogP contribution is -2.65. The van der Waals surface area contributed by atoms with Gasteiger partial charge >= 0.3 is 7.12 Å². The second-order valence-electron chi connectivity index (χ2n) is 19.4. The minimum Gasteiger partial charge on any atom is -0.404 e. The van der Waals surface area contributed by atoms with Gasteiger partial charge in [-0.3, -0.25) is 24.0 Å². The van der Waals surface area contributed by atoms with Crippen molar-refractivity contribution in [2.45, 2.75) is 155 Å². The van der Waals surface area contributed by atoms with E-state index < -0.39 is 72.4 Å². The van der Waals surface area contributed by atoms with E-state index in [1.54, 1.807) is 4.90 Å². The Balaban J connectivity index is 0.966. The van der Waals surface area contributed by atoms with Gasteiger partial charge in [0, 0.05) is 24.6 Å². The van der Waals surface area contributed by atoms with E-state index >= 15 is 0 Å². The molecule has 5 aliphatic rings. The number of likely N-dealkylation sites (tertiary alicyclic amines) is 1. The second kappa shape index (κ2) is 20.7. The summed E-state index contributed by atoms with van der Waals surface area (Å²) in [4.78, 5) is 69.2. The van der Waals surface area contributed by atoms with E-state index in [1.807, 2.05) is 31.2 Å². The minimum atomic E-state index is -1.34. The standard InChI is InChI=1S/C48H71BN6O8/c1-8-9-12-32-14-16-33(17-15-32)34-18-20-36(21-19-34)46(61)55-25-22-35(23-26-55)43(58)54-41(30(3)56)45(60)51-29(2)42(57)53-38(13-10-11-24-50)44(59)52-31(4)49-62-40-28-37-27-39(47(37,5)6)48(40,7)63-49/h14-21,29-31,35,37-41,56H,8-13,22-28,50H2,1-7H3,(H,51,60)(H,52,59)(H,53,57)(H,54,58)/t29-,30+,31-,37-,38-,39-,40?,41-,48-/m0/s1. The van der Waals surface area contributed by atoms with Gasteiger partial charge in [-0.15, -0.1) is 0 Å². The van der Waals surface area contributed by atoms with Gasteiger partial charge in [-0.25, -0.2) is 0 Å². The van der Waals surface area contributed by atoms with Crippen LogP contribution >= 0.6 is 0 Å². The van der Waals surface area contributed by atoms with Gasteiger partial charge < -0.3 is 46.3 Å². The molecule has 0 spiro atoms. The summed E-state index contributed by atoms with van der Waals surface area (Å²) in [6.07, 6.45) is 6.44. The molecule has 2 bridgehead atoms. The highest BCUT2D eigenvalue weighted by atomic mass is 16.7. The number of benzene rings is 2. The molecule has 2 aliphatic heterocycles. The first-order valence-electron chi connectivity index (χ1n) is 23.4. The van der Waals surface area contributed by atoms with Crippen molar-refractivity contribution < 1.29 is 38.4 Å². The van der Waals surface area contributed by atoms with Crippen LogP contribution in [-0.2, 0) is 34.9 Å². The summed E-state index contributed by atoms with van der Waals surface area (Å²) >= 11 is 0. The normalized spacial score (nSPS) is 25.1. The van der Waals surface area contributed by atoms with Crippen LogP contribution in [0.2, 0.25) is 0 Å². The molecule has 0 aromatic heterocycles. The molecular formula is C48H71BN6O8. The molecular weight excluding hydrogens is 799 g/mol. The number of hydrogen-bond donors (Lipinski definition) is 6. The molecule has 1 unspecified atom stereocenters. The Kier molecular flexibility index (Phi) is 15.8. The average molecular weight is 871 g/mol. The highest BCUT2D eigenvalue weighted by Gasteiger charge is 2.68. The van der Waals surface area contributed by atoms with Crippen LogP contribution < -0.4 is 27.0 Å². The van der Waals surface area contributed by atoms with Gasteiger partial charge in [0.05, 0.1) is 23.8 Å². The molecule has 2 saturated heterocycles. The maximum absolute atomic E-state index is 13.7.